The Labute approximate surface area is 136 Å². The number of aromatic amines is 1. The summed E-state index contributed by atoms with van der Waals surface area (Å²) in [4.78, 5) is 26.0. The minimum atomic E-state index is -0.566. The average Bonchev–Trinajstić information content (AvgIpc) is 2.90. The Hall–Kier alpha value is -3.09. The van der Waals surface area contributed by atoms with Crippen LogP contribution in [0.15, 0.2) is 45.6 Å². The predicted octanol–water partition coefficient (Wildman–Crippen LogP) is 3.01. The first kappa shape index (κ1) is 15.8. The van der Waals surface area contributed by atoms with Crippen molar-refractivity contribution >= 4 is 28.4 Å². The highest BCUT2D eigenvalue weighted by atomic mass is 19.1. The van der Waals surface area contributed by atoms with Crippen LogP contribution in [0, 0.1) is 12.7 Å². The summed E-state index contributed by atoms with van der Waals surface area (Å²) in [5.74, 6) is -1.25. The van der Waals surface area contributed by atoms with E-state index in [9.17, 15) is 14.0 Å². The normalized spacial score (nSPS) is 12.1. The number of aromatic nitrogens is 1. The summed E-state index contributed by atoms with van der Waals surface area (Å²) in [7, 11) is 0. The van der Waals surface area contributed by atoms with E-state index in [1.807, 2.05) is 0 Å². The van der Waals surface area contributed by atoms with Crippen LogP contribution in [0.5, 0.6) is 0 Å². The predicted molar refractivity (Wildman–Crippen MR) is 89.7 cm³/mol. The van der Waals surface area contributed by atoms with Gasteiger partial charge >= 0.3 is 5.76 Å². The fourth-order valence-electron chi connectivity index (χ4n) is 2.33. The molecule has 6 nitrogen and oxygen atoms in total. The second-order valence-electron chi connectivity index (χ2n) is 5.54. The molecule has 0 radical (unpaired) electrons. The minimum Gasteiger partial charge on any atom is -0.408 e. The Morgan fingerprint density at radius 2 is 2.04 bits per heavy atom. The minimum absolute atomic E-state index is 0.301. The third-order valence-corrected chi connectivity index (χ3v) is 3.65. The Balaban J connectivity index is 1.72. The zero-order valence-corrected chi connectivity index (χ0v) is 13.1. The van der Waals surface area contributed by atoms with Crippen molar-refractivity contribution in [3.05, 3.63) is 58.3 Å². The van der Waals surface area contributed by atoms with E-state index in [-0.39, 0.29) is 5.91 Å². The second kappa shape index (κ2) is 6.19. The lowest BCUT2D eigenvalue weighted by Gasteiger charge is -2.16. The number of anilines is 2. The largest absolute Gasteiger partial charge is 0.417 e. The Morgan fingerprint density at radius 1 is 1.25 bits per heavy atom. The summed E-state index contributed by atoms with van der Waals surface area (Å²) in [5, 5.41) is 5.72. The standard InChI is InChI=1S/C17H16FN3O3/c1-9-3-4-11(18)7-13(9)20-16(22)10(2)19-12-5-6-15-14(8-12)21-17(23)24-15/h3-8,10,19H,1-2H3,(H,20,22)(H,21,23)/t10-/m0/s1. The quantitative estimate of drug-likeness (QED) is 0.687. The molecule has 3 N–H and O–H groups in total. The maximum absolute atomic E-state index is 13.3. The molecule has 7 heteroatoms. The number of amides is 1. The van der Waals surface area contributed by atoms with Crippen LogP contribution in [0.25, 0.3) is 11.1 Å². The molecule has 3 rings (SSSR count). The maximum atomic E-state index is 13.3. The Kier molecular flexibility index (Phi) is 4.07. The molecule has 0 spiro atoms. The van der Waals surface area contributed by atoms with Gasteiger partial charge in [-0.3, -0.25) is 9.78 Å². The van der Waals surface area contributed by atoms with E-state index < -0.39 is 17.6 Å². The molecule has 0 saturated heterocycles. The summed E-state index contributed by atoms with van der Waals surface area (Å²) >= 11 is 0. The van der Waals surface area contributed by atoms with E-state index in [2.05, 4.69) is 15.6 Å². The summed E-state index contributed by atoms with van der Waals surface area (Å²) in [5.41, 5.74) is 2.84. The molecular weight excluding hydrogens is 313 g/mol. The van der Waals surface area contributed by atoms with Crippen molar-refractivity contribution in [2.24, 2.45) is 0 Å². The number of benzene rings is 2. The van der Waals surface area contributed by atoms with Crippen LogP contribution in [0.2, 0.25) is 0 Å². The molecule has 0 bridgehead atoms. The van der Waals surface area contributed by atoms with Crippen LogP contribution < -0.4 is 16.4 Å². The summed E-state index contributed by atoms with van der Waals surface area (Å²) < 4.78 is 18.2. The van der Waals surface area contributed by atoms with Gasteiger partial charge in [0.15, 0.2) is 5.58 Å². The van der Waals surface area contributed by atoms with Crippen molar-refractivity contribution in [1.82, 2.24) is 4.98 Å². The molecule has 24 heavy (non-hydrogen) atoms. The molecule has 0 saturated carbocycles. The number of carbonyl (C=O) groups is 1. The topological polar surface area (TPSA) is 87.1 Å². The number of aryl methyl sites for hydroxylation is 1. The number of nitrogens with one attached hydrogen (secondary N) is 3. The fraction of sp³-hybridized carbons (Fsp3) is 0.176. The molecule has 1 atom stereocenters. The van der Waals surface area contributed by atoms with Crippen LogP contribution >= 0.6 is 0 Å². The van der Waals surface area contributed by atoms with Crippen molar-refractivity contribution in [3.8, 4) is 0 Å². The van der Waals surface area contributed by atoms with Gasteiger partial charge in [-0.05, 0) is 49.7 Å². The van der Waals surface area contributed by atoms with Crippen LogP contribution in [-0.4, -0.2) is 16.9 Å². The van der Waals surface area contributed by atoms with Crippen molar-refractivity contribution < 1.29 is 13.6 Å². The molecule has 0 fully saturated rings. The van der Waals surface area contributed by atoms with E-state index in [1.54, 1.807) is 38.1 Å². The first-order valence-corrected chi connectivity index (χ1v) is 7.39. The lowest BCUT2D eigenvalue weighted by Crippen LogP contribution is -2.32. The zero-order valence-electron chi connectivity index (χ0n) is 13.1. The van der Waals surface area contributed by atoms with Crippen LogP contribution in [-0.2, 0) is 4.79 Å². The summed E-state index contributed by atoms with van der Waals surface area (Å²) in [6.07, 6.45) is 0. The molecule has 124 valence electrons. The molecule has 0 unspecified atom stereocenters. The van der Waals surface area contributed by atoms with E-state index in [0.29, 0.717) is 22.5 Å². The van der Waals surface area contributed by atoms with Gasteiger partial charge in [-0.2, -0.15) is 0 Å². The first-order chi connectivity index (χ1) is 11.4. The summed E-state index contributed by atoms with van der Waals surface area (Å²) in [6.45, 7) is 3.47. The molecule has 0 aliphatic heterocycles. The molecular formula is C17H16FN3O3. The van der Waals surface area contributed by atoms with Crippen molar-refractivity contribution in [2.45, 2.75) is 19.9 Å². The van der Waals surface area contributed by atoms with Gasteiger partial charge in [0, 0.05) is 11.4 Å². The third-order valence-electron chi connectivity index (χ3n) is 3.65. The van der Waals surface area contributed by atoms with Gasteiger partial charge in [-0.25, -0.2) is 9.18 Å². The van der Waals surface area contributed by atoms with Crippen LogP contribution in [0.3, 0.4) is 0 Å². The maximum Gasteiger partial charge on any atom is 0.417 e. The highest BCUT2D eigenvalue weighted by Gasteiger charge is 2.15. The van der Waals surface area contributed by atoms with Crippen LogP contribution in [0.4, 0.5) is 15.8 Å². The Bertz CT molecular complexity index is 961. The van der Waals surface area contributed by atoms with Gasteiger partial charge in [-0.15, -0.1) is 0 Å². The molecule has 1 aromatic heterocycles. The smallest absolute Gasteiger partial charge is 0.408 e. The number of hydrogen-bond acceptors (Lipinski definition) is 4. The number of rotatable bonds is 4. The van der Waals surface area contributed by atoms with Crippen molar-refractivity contribution in [3.63, 3.8) is 0 Å². The first-order valence-electron chi connectivity index (χ1n) is 7.39. The third kappa shape index (κ3) is 3.29. The molecule has 1 amide bonds. The van der Waals surface area contributed by atoms with Gasteiger partial charge in [-0.1, -0.05) is 6.07 Å². The number of H-pyrrole nitrogens is 1. The molecule has 0 aliphatic rings. The molecule has 2 aromatic carbocycles. The number of carbonyl (C=O) groups excluding carboxylic acids is 1. The average molecular weight is 329 g/mol. The number of fused-ring (bicyclic) bond motifs is 1. The lowest BCUT2D eigenvalue weighted by atomic mass is 10.2. The van der Waals surface area contributed by atoms with Crippen molar-refractivity contribution in [1.29, 1.82) is 0 Å². The van der Waals surface area contributed by atoms with E-state index in [4.69, 9.17) is 4.42 Å². The highest BCUT2D eigenvalue weighted by molar-refractivity contribution is 5.97. The molecule has 0 aliphatic carbocycles. The highest BCUT2D eigenvalue weighted by Crippen LogP contribution is 2.19. The summed E-state index contributed by atoms with van der Waals surface area (Å²) in [6, 6.07) is 8.68. The molecule has 1 heterocycles. The number of oxazole rings is 1. The fourth-order valence-corrected chi connectivity index (χ4v) is 2.33. The Morgan fingerprint density at radius 3 is 2.83 bits per heavy atom. The van der Waals surface area contributed by atoms with Gasteiger partial charge < -0.3 is 15.1 Å². The monoisotopic (exact) mass is 329 g/mol. The number of hydrogen-bond donors (Lipinski definition) is 3. The van der Waals surface area contributed by atoms with Gasteiger partial charge in [0.25, 0.3) is 0 Å². The van der Waals surface area contributed by atoms with Gasteiger partial charge in [0.1, 0.15) is 11.9 Å². The zero-order chi connectivity index (χ0) is 17.3. The van der Waals surface area contributed by atoms with Crippen molar-refractivity contribution in [2.75, 3.05) is 10.6 Å². The molecule has 3 aromatic rings. The number of halogens is 1. The lowest BCUT2D eigenvalue weighted by molar-refractivity contribution is -0.116. The second-order valence-corrected chi connectivity index (χ2v) is 5.54. The van der Waals surface area contributed by atoms with E-state index in [0.717, 1.165) is 5.56 Å². The van der Waals surface area contributed by atoms with E-state index in [1.165, 1.54) is 12.1 Å². The van der Waals surface area contributed by atoms with Crippen LogP contribution in [0.1, 0.15) is 12.5 Å². The van der Waals surface area contributed by atoms with Gasteiger partial charge in [0.05, 0.1) is 5.52 Å². The van der Waals surface area contributed by atoms with Gasteiger partial charge in [0.2, 0.25) is 5.91 Å². The van der Waals surface area contributed by atoms with E-state index >= 15 is 0 Å². The SMILES string of the molecule is Cc1ccc(F)cc1NC(=O)[C@H](C)Nc1ccc2oc(=O)[nH]c2c1.